The zero-order valence-electron chi connectivity index (χ0n) is 13.0. The minimum Gasteiger partial charge on any atom is -0.345 e. The second-order valence-corrected chi connectivity index (χ2v) is 6.70. The van der Waals surface area contributed by atoms with Gasteiger partial charge >= 0.3 is 0 Å². The van der Waals surface area contributed by atoms with Gasteiger partial charge in [0.2, 0.25) is 5.91 Å². The van der Waals surface area contributed by atoms with E-state index < -0.39 is 0 Å². The first-order valence-corrected chi connectivity index (χ1v) is 8.23. The first-order valence-electron chi connectivity index (χ1n) is 8.23. The number of hydrogen-bond donors (Lipinski definition) is 0. The topological polar surface area (TPSA) is 23.6 Å². The van der Waals surface area contributed by atoms with E-state index in [1.54, 1.807) is 0 Å². The Morgan fingerprint density at radius 2 is 1.81 bits per heavy atom. The predicted molar refractivity (Wildman–Crippen MR) is 84.8 cm³/mol. The van der Waals surface area contributed by atoms with Crippen molar-refractivity contribution in [1.29, 1.82) is 0 Å². The van der Waals surface area contributed by atoms with Crippen LogP contribution in [0.15, 0.2) is 30.3 Å². The van der Waals surface area contributed by atoms with Crippen LogP contribution in [0.4, 0.5) is 0 Å². The summed E-state index contributed by atoms with van der Waals surface area (Å²) in [6.45, 7) is 4.33. The summed E-state index contributed by atoms with van der Waals surface area (Å²) in [4.78, 5) is 16.5. The number of rotatable bonds is 5. The lowest BCUT2D eigenvalue weighted by molar-refractivity contribution is -0.132. The molecule has 3 heteroatoms. The molecule has 21 heavy (non-hydrogen) atoms. The van der Waals surface area contributed by atoms with Gasteiger partial charge in [0.05, 0.1) is 0 Å². The van der Waals surface area contributed by atoms with Gasteiger partial charge in [0.1, 0.15) is 0 Å². The average molecular weight is 286 g/mol. The number of amides is 1. The lowest BCUT2D eigenvalue weighted by Gasteiger charge is -2.34. The first-order chi connectivity index (χ1) is 10.2. The van der Waals surface area contributed by atoms with Crippen LogP contribution < -0.4 is 0 Å². The molecule has 3 nitrogen and oxygen atoms in total. The Bertz CT molecular complexity index is 461. The summed E-state index contributed by atoms with van der Waals surface area (Å²) in [6, 6.07) is 10.7. The third-order valence-electron chi connectivity index (χ3n) is 4.79. The van der Waals surface area contributed by atoms with Gasteiger partial charge in [-0.2, -0.15) is 0 Å². The highest BCUT2D eigenvalue weighted by Gasteiger charge is 2.33. The first kappa shape index (κ1) is 14.6. The summed E-state index contributed by atoms with van der Waals surface area (Å²) < 4.78 is 0. The molecule has 1 saturated heterocycles. The zero-order chi connectivity index (χ0) is 14.7. The average Bonchev–Trinajstić information content (AvgIpc) is 3.34. The molecule has 1 heterocycles. The largest absolute Gasteiger partial charge is 0.345 e. The molecule has 1 amide bonds. The molecule has 1 aliphatic carbocycles. The van der Waals surface area contributed by atoms with E-state index in [2.05, 4.69) is 35.2 Å². The van der Waals surface area contributed by atoms with E-state index in [-0.39, 0.29) is 0 Å². The number of likely N-dealkylation sites (tertiary alicyclic amines) is 1. The molecule has 1 aromatic rings. The molecule has 0 atom stereocenters. The van der Waals surface area contributed by atoms with Crippen LogP contribution in [0.2, 0.25) is 0 Å². The van der Waals surface area contributed by atoms with Crippen LogP contribution in [0.5, 0.6) is 0 Å². The van der Waals surface area contributed by atoms with Crippen molar-refractivity contribution in [3.63, 3.8) is 0 Å². The number of piperidine rings is 1. The van der Waals surface area contributed by atoms with Crippen molar-refractivity contribution in [3.05, 3.63) is 35.9 Å². The van der Waals surface area contributed by atoms with Gasteiger partial charge < -0.3 is 4.90 Å². The highest BCUT2D eigenvalue weighted by molar-refractivity contribution is 5.80. The molecule has 0 unspecified atom stereocenters. The molecule has 0 N–H and O–H groups in total. The van der Waals surface area contributed by atoms with E-state index in [0.717, 1.165) is 39.0 Å². The lowest BCUT2D eigenvalue weighted by Crippen LogP contribution is -2.39. The molecule has 1 aliphatic heterocycles. The molecule has 2 fully saturated rings. The van der Waals surface area contributed by atoms with E-state index in [1.807, 2.05) is 11.9 Å². The van der Waals surface area contributed by atoms with Gasteiger partial charge in [0.15, 0.2) is 0 Å². The number of benzene rings is 1. The van der Waals surface area contributed by atoms with Gasteiger partial charge in [-0.25, -0.2) is 0 Å². The van der Waals surface area contributed by atoms with E-state index >= 15 is 0 Å². The Labute approximate surface area is 127 Å². The van der Waals surface area contributed by atoms with Crippen molar-refractivity contribution in [2.24, 2.45) is 11.8 Å². The van der Waals surface area contributed by atoms with Crippen molar-refractivity contribution in [3.8, 4) is 0 Å². The zero-order valence-corrected chi connectivity index (χ0v) is 13.0. The van der Waals surface area contributed by atoms with Gasteiger partial charge in [-0.05, 0) is 50.3 Å². The molecule has 0 spiro atoms. The molecular weight excluding hydrogens is 260 g/mol. The molecule has 0 aromatic heterocycles. The Kier molecular flexibility index (Phi) is 4.59. The lowest BCUT2D eigenvalue weighted by atomic mass is 9.96. The minimum atomic E-state index is 0.355. The molecular formula is C18H26N2O. The summed E-state index contributed by atoms with van der Waals surface area (Å²) in [7, 11) is 1.98. The van der Waals surface area contributed by atoms with Gasteiger partial charge in [-0.1, -0.05) is 30.3 Å². The fraction of sp³-hybridized carbons (Fsp3) is 0.611. The van der Waals surface area contributed by atoms with Crippen LogP contribution in [0.1, 0.15) is 31.2 Å². The summed E-state index contributed by atoms with van der Waals surface area (Å²) in [5.74, 6) is 1.42. The fourth-order valence-electron chi connectivity index (χ4n) is 3.29. The van der Waals surface area contributed by atoms with Crippen LogP contribution in [0.3, 0.4) is 0 Å². The normalized spacial score (nSPS) is 20.4. The van der Waals surface area contributed by atoms with Gasteiger partial charge in [-0.15, -0.1) is 0 Å². The monoisotopic (exact) mass is 286 g/mol. The molecule has 1 aromatic carbocycles. The number of nitrogens with zero attached hydrogens (tertiary/aromatic N) is 2. The van der Waals surface area contributed by atoms with Gasteiger partial charge in [0, 0.05) is 26.1 Å². The number of hydrogen-bond acceptors (Lipinski definition) is 2. The highest BCUT2D eigenvalue weighted by atomic mass is 16.2. The van der Waals surface area contributed by atoms with E-state index in [4.69, 9.17) is 0 Å². The van der Waals surface area contributed by atoms with Crippen LogP contribution in [-0.2, 0) is 11.3 Å². The van der Waals surface area contributed by atoms with Crippen LogP contribution in [0, 0.1) is 11.8 Å². The summed E-state index contributed by atoms with van der Waals surface area (Å²) in [5.41, 5.74) is 1.40. The molecule has 2 aliphatic rings. The van der Waals surface area contributed by atoms with Crippen molar-refractivity contribution in [2.45, 2.75) is 32.2 Å². The summed E-state index contributed by atoms with van der Waals surface area (Å²) >= 11 is 0. The van der Waals surface area contributed by atoms with E-state index in [1.165, 1.54) is 18.4 Å². The maximum atomic E-state index is 12.0. The number of carbonyl (C=O) groups excluding carboxylic acids is 1. The third kappa shape index (κ3) is 4.07. The van der Waals surface area contributed by atoms with Gasteiger partial charge in [-0.3, -0.25) is 9.69 Å². The third-order valence-corrected chi connectivity index (χ3v) is 4.79. The summed E-state index contributed by atoms with van der Waals surface area (Å²) in [6.07, 6.45) is 4.65. The highest BCUT2D eigenvalue weighted by Crippen LogP contribution is 2.31. The molecule has 3 rings (SSSR count). The van der Waals surface area contributed by atoms with Crippen molar-refractivity contribution in [2.75, 3.05) is 26.7 Å². The molecule has 0 bridgehead atoms. The van der Waals surface area contributed by atoms with Crippen molar-refractivity contribution < 1.29 is 4.79 Å². The quantitative estimate of drug-likeness (QED) is 0.831. The Morgan fingerprint density at radius 3 is 2.43 bits per heavy atom. The maximum absolute atomic E-state index is 12.0. The maximum Gasteiger partial charge on any atom is 0.225 e. The predicted octanol–water partition coefficient (Wildman–Crippen LogP) is 2.77. The Hall–Kier alpha value is -1.35. The van der Waals surface area contributed by atoms with Crippen molar-refractivity contribution in [1.82, 2.24) is 9.80 Å². The molecule has 114 valence electrons. The second-order valence-electron chi connectivity index (χ2n) is 6.70. The van der Waals surface area contributed by atoms with Gasteiger partial charge in [0.25, 0.3) is 0 Å². The Morgan fingerprint density at radius 1 is 1.14 bits per heavy atom. The number of carbonyl (C=O) groups is 1. The van der Waals surface area contributed by atoms with E-state index in [0.29, 0.717) is 17.7 Å². The second kappa shape index (κ2) is 6.61. The van der Waals surface area contributed by atoms with Crippen LogP contribution >= 0.6 is 0 Å². The van der Waals surface area contributed by atoms with Crippen LogP contribution in [-0.4, -0.2) is 42.4 Å². The van der Waals surface area contributed by atoms with Crippen molar-refractivity contribution >= 4 is 5.91 Å². The van der Waals surface area contributed by atoms with Crippen LogP contribution in [0.25, 0.3) is 0 Å². The molecule has 1 saturated carbocycles. The fourth-order valence-corrected chi connectivity index (χ4v) is 3.29. The SMILES string of the molecule is CN(CC1CCN(Cc2ccccc2)CC1)C(=O)C1CC1. The van der Waals surface area contributed by atoms with E-state index in [9.17, 15) is 4.79 Å². The smallest absolute Gasteiger partial charge is 0.225 e. The molecule has 0 radical (unpaired) electrons. The summed E-state index contributed by atoms with van der Waals surface area (Å²) in [5, 5.41) is 0. The Balaban J connectivity index is 1.41. The minimum absolute atomic E-state index is 0.355. The standard InChI is InChI=1S/C18H26N2O/c1-19(18(21)17-7-8-17)13-16-9-11-20(12-10-16)14-15-5-3-2-4-6-15/h2-6,16-17H,7-14H2,1H3.